The minimum Gasteiger partial charge on any atom is -0.384 e. The normalized spacial score (nSPS) is 17.1. The van der Waals surface area contributed by atoms with Crippen molar-refractivity contribution in [1.82, 2.24) is 20.3 Å². The summed E-state index contributed by atoms with van der Waals surface area (Å²) in [5, 5.41) is 18.5. The van der Waals surface area contributed by atoms with Crippen molar-refractivity contribution in [3.05, 3.63) is 95.0 Å². The molecule has 1 aliphatic heterocycles. The van der Waals surface area contributed by atoms with Crippen molar-refractivity contribution in [2.24, 2.45) is 0 Å². The maximum Gasteiger partial charge on any atom is 0.137 e. The fraction of sp³-hybridized carbons (Fsp3) is 0.185. The predicted octanol–water partition coefficient (Wildman–Crippen LogP) is 5.94. The van der Waals surface area contributed by atoms with Crippen molar-refractivity contribution in [2.45, 2.75) is 25.0 Å². The van der Waals surface area contributed by atoms with Crippen LogP contribution in [-0.4, -0.2) is 26.6 Å². The molecule has 0 radical (unpaired) electrons. The molecule has 0 spiro atoms. The highest BCUT2D eigenvalue weighted by molar-refractivity contribution is 6.31. The van der Waals surface area contributed by atoms with Crippen LogP contribution in [0.5, 0.6) is 0 Å². The average Bonchev–Trinajstić information content (AvgIpc) is 3.53. The fourth-order valence-electron chi connectivity index (χ4n) is 4.90. The van der Waals surface area contributed by atoms with Crippen LogP contribution in [0.4, 0.5) is 0 Å². The van der Waals surface area contributed by atoms with Gasteiger partial charge >= 0.3 is 0 Å². The van der Waals surface area contributed by atoms with Gasteiger partial charge < -0.3 is 15.4 Å². The van der Waals surface area contributed by atoms with Crippen LogP contribution in [0.25, 0.3) is 32.9 Å². The van der Waals surface area contributed by atoms with E-state index in [1.54, 1.807) is 6.07 Å². The van der Waals surface area contributed by atoms with Gasteiger partial charge in [-0.15, -0.1) is 0 Å². The molecule has 2 atom stereocenters. The van der Waals surface area contributed by atoms with Gasteiger partial charge in [-0.2, -0.15) is 0 Å². The first-order chi connectivity index (χ1) is 16.2. The minimum atomic E-state index is -0.842. The lowest BCUT2D eigenvalue weighted by molar-refractivity contribution is 0.222. The van der Waals surface area contributed by atoms with E-state index in [-0.39, 0.29) is 0 Å². The van der Waals surface area contributed by atoms with Crippen molar-refractivity contribution in [3.8, 4) is 11.1 Å². The molecule has 2 unspecified atom stereocenters. The quantitative estimate of drug-likeness (QED) is 0.314. The van der Waals surface area contributed by atoms with Crippen LogP contribution in [0.1, 0.15) is 41.7 Å². The number of rotatable bonds is 4. The van der Waals surface area contributed by atoms with Gasteiger partial charge in [0, 0.05) is 63.3 Å². The topological polar surface area (TPSA) is 73.8 Å². The Morgan fingerprint density at radius 2 is 1.91 bits per heavy atom. The molecular weight excluding hydrogens is 432 g/mol. The summed E-state index contributed by atoms with van der Waals surface area (Å²) >= 11 is 6.35. The molecule has 1 fully saturated rings. The molecule has 1 aliphatic rings. The van der Waals surface area contributed by atoms with E-state index >= 15 is 0 Å². The molecule has 3 aromatic heterocycles. The smallest absolute Gasteiger partial charge is 0.137 e. The van der Waals surface area contributed by atoms with Gasteiger partial charge in [0.15, 0.2) is 0 Å². The Labute approximate surface area is 196 Å². The number of pyridine rings is 2. The molecule has 1 saturated heterocycles. The molecule has 6 heteroatoms. The summed E-state index contributed by atoms with van der Waals surface area (Å²) < 4.78 is 0. The summed E-state index contributed by atoms with van der Waals surface area (Å²) in [6, 6.07) is 16.3. The lowest BCUT2D eigenvalue weighted by Gasteiger charge is -2.16. The standard InChI is InChI=1S/C27H23ClN4O/c28-24-5-2-1-4-19(24)26(33)23-15-32-27-21(23)12-18(13-31-27)17-10-16-7-9-29-14-22(16)20(11-17)25-6-3-8-30-25/h1-2,4-5,7,9-15,25-26,30,33H,3,6,8H2,(H,31,32). The molecule has 0 saturated carbocycles. The van der Waals surface area contributed by atoms with E-state index in [1.807, 2.05) is 43.0 Å². The first kappa shape index (κ1) is 20.4. The Morgan fingerprint density at radius 3 is 2.76 bits per heavy atom. The number of nitrogens with zero attached hydrogens (tertiary/aromatic N) is 2. The number of aromatic amines is 1. The molecule has 0 aliphatic carbocycles. The summed E-state index contributed by atoms with van der Waals surface area (Å²) in [5.41, 5.74) is 5.56. The van der Waals surface area contributed by atoms with Crippen LogP contribution in [0.3, 0.4) is 0 Å². The summed E-state index contributed by atoms with van der Waals surface area (Å²) in [6.45, 7) is 1.04. The maximum atomic E-state index is 11.1. The number of hydrogen-bond acceptors (Lipinski definition) is 4. The van der Waals surface area contributed by atoms with Gasteiger partial charge in [0.2, 0.25) is 0 Å². The number of hydrogen-bond donors (Lipinski definition) is 3. The second-order valence-corrected chi connectivity index (χ2v) is 9.01. The van der Waals surface area contributed by atoms with E-state index in [9.17, 15) is 5.11 Å². The molecular formula is C27H23ClN4O. The summed E-state index contributed by atoms with van der Waals surface area (Å²) in [5.74, 6) is 0. The minimum absolute atomic E-state index is 0.332. The van der Waals surface area contributed by atoms with E-state index < -0.39 is 6.10 Å². The Balaban J connectivity index is 1.48. The number of aromatic nitrogens is 3. The molecule has 2 aromatic carbocycles. The number of H-pyrrole nitrogens is 1. The molecule has 0 bridgehead atoms. The van der Waals surface area contributed by atoms with E-state index in [4.69, 9.17) is 11.6 Å². The Kier molecular flexibility index (Phi) is 5.10. The van der Waals surface area contributed by atoms with Gasteiger partial charge in [-0.3, -0.25) is 4.98 Å². The molecule has 5 aromatic rings. The zero-order valence-corrected chi connectivity index (χ0v) is 18.7. The van der Waals surface area contributed by atoms with E-state index in [2.05, 4.69) is 44.5 Å². The van der Waals surface area contributed by atoms with Gasteiger partial charge in [-0.25, -0.2) is 4.98 Å². The molecule has 4 heterocycles. The number of aliphatic hydroxyl groups is 1. The van der Waals surface area contributed by atoms with Crippen LogP contribution in [0.2, 0.25) is 5.02 Å². The molecule has 33 heavy (non-hydrogen) atoms. The van der Waals surface area contributed by atoms with Crippen LogP contribution >= 0.6 is 11.6 Å². The van der Waals surface area contributed by atoms with Crippen LogP contribution in [-0.2, 0) is 0 Å². The third-order valence-electron chi connectivity index (χ3n) is 6.61. The SMILES string of the molecule is OC(c1ccccc1Cl)c1c[nH]c2ncc(-c3cc(C4CCCN4)c4cnccc4c3)cc12. The van der Waals surface area contributed by atoms with Crippen LogP contribution < -0.4 is 5.32 Å². The zero-order valence-electron chi connectivity index (χ0n) is 17.9. The number of aliphatic hydroxyl groups excluding tert-OH is 1. The predicted molar refractivity (Wildman–Crippen MR) is 132 cm³/mol. The van der Waals surface area contributed by atoms with Crippen molar-refractivity contribution >= 4 is 33.4 Å². The van der Waals surface area contributed by atoms with Gasteiger partial charge in [-0.05, 0) is 66.2 Å². The summed E-state index contributed by atoms with van der Waals surface area (Å²) in [6.07, 6.45) is 8.95. The van der Waals surface area contributed by atoms with Crippen LogP contribution in [0.15, 0.2) is 73.3 Å². The van der Waals surface area contributed by atoms with E-state index in [0.717, 1.165) is 46.1 Å². The Bertz CT molecular complexity index is 1470. The molecule has 164 valence electrons. The van der Waals surface area contributed by atoms with Gasteiger partial charge in [-0.1, -0.05) is 29.8 Å². The number of nitrogens with one attached hydrogen (secondary N) is 2. The first-order valence-corrected chi connectivity index (χ1v) is 11.6. The van der Waals surface area contributed by atoms with Crippen molar-refractivity contribution < 1.29 is 5.11 Å². The molecule has 3 N–H and O–H groups in total. The second kappa shape index (κ2) is 8.27. The lowest BCUT2D eigenvalue weighted by Crippen LogP contribution is -2.13. The number of fused-ring (bicyclic) bond motifs is 2. The summed E-state index contributed by atoms with van der Waals surface area (Å²) in [4.78, 5) is 12.2. The highest BCUT2D eigenvalue weighted by Crippen LogP contribution is 2.36. The van der Waals surface area contributed by atoms with Gasteiger partial charge in [0.1, 0.15) is 11.8 Å². The second-order valence-electron chi connectivity index (χ2n) is 8.60. The third-order valence-corrected chi connectivity index (χ3v) is 6.96. The van der Waals surface area contributed by atoms with Gasteiger partial charge in [0.05, 0.1) is 0 Å². The fourth-order valence-corrected chi connectivity index (χ4v) is 5.14. The molecule has 5 nitrogen and oxygen atoms in total. The Hall–Kier alpha value is -3.25. The van der Waals surface area contributed by atoms with Crippen molar-refractivity contribution in [2.75, 3.05) is 6.54 Å². The van der Waals surface area contributed by atoms with Gasteiger partial charge in [0.25, 0.3) is 0 Å². The number of benzene rings is 2. The van der Waals surface area contributed by atoms with Crippen molar-refractivity contribution in [3.63, 3.8) is 0 Å². The highest BCUT2D eigenvalue weighted by Gasteiger charge is 2.21. The van der Waals surface area contributed by atoms with Crippen LogP contribution in [0, 0.1) is 0 Å². The highest BCUT2D eigenvalue weighted by atomic mass is 35.5. The third kappa shape index (κ3) is 3.59. The number of halogens is 1. The monoisotopic (exact) mass is 454 g/mol. The van der Waals surface area contributed by atoms with Crippen molar-refractivity contribution in [1.29, 1.82) is 0 Å². The van der Waals surface area contributed by atoms with E-state index in [0.29, 0.717) is 16.6 Å². The molecule has 0 amide bonds. The summed E-state index contributed by atoms with van der Waals surface area (Å²) in [7, 11) is 0. The molecule has 6 rings (SSSR count). The Morgan fingerprint density at radius 1 is 1.00 bits per heavy atom. The lowest BCUT2D eigenvalue weighted by atomic mass is 9.93. The maximum absolute atomic E-state index is 11.1. The largest absolute Gasteiger partial charge is 0.384 e. The first-order valence-electron chi connectivity index (χ1n) is 11.2. The zero-order chi connectivity index (χ0) is 22.4. The average molecular weight is 455 g/mol. The van der Waals surface area contributed by atoms with E-state index in [1.165, 1.54) is 17.4 Å².